The van der Waals surface area contributed by atoms with E-state index in [-0.39, 0.29) is 5.91 Å². The Morgan fingerprint density at radius 2 is 1.17 bits per heavy atom. The molecule has 0 aliphatic carbocycles. The van der Waals surface area contributed by atoms with Crippen LogP contribution in [0.3, 0.4) is 0 Å². The molecule has 30 heavy (non-hydrogen) atoms. The minimum Gasteiger partial charge on any atom is -0.386 e. The zero-order valence-corrected chi connectivity index (χ0v) is 20.2. The maximum absolute atomic E-state index is 12.1. The molecule has 0 saturated carbocycles. The Balaban J connectivity index is 2.12. The van der Waals surface area contributed by atoms with Gasteiger partial charge in [0.1, 0.15) is 0 Å². The average Bonchev–Trinajstić information content (AvgIpc) is 2.70. The van der Waals surface area contributed by atoms with E-state index in [0.29, 0.717) is 0 Å². The number of carbonyl (C=O) groups excluding carboxylic acids is 1. The third-order valence-electron chi connectivity index (χ3n) is 6.00. The number of nitrogens with zero attached hydrogens (tertiary/aromatic N) is 1. The Morgan fingerprint density at radius 1 is 0.767 bits per heavy atom. The van der Waals surface area contributed by atoms with Crippen molar-refractivity contribution in [1.29, 1.82) is 0 Å². The van der Waals surface area contributed by atoms with E-state index >= 15 is 0 Å². The second-order valence-electron chi connectivity index (χ2n) is 9.37. The highest BCUT2D eigenvalue weighted by atomic mass is 16.3. The van der Waals surface area contributed by atoms with Crippen molar-refractivity contribution in [2.24, 2.45) is 0 Å². The van der Waals surface area contributed by atoms with Crippen molar-refractivity contribution >= 4 is 11.6 Å². The van der Waals surface area contributed by atoms with Crippen LogP contribution >= 0.6 is 0 Å². The first-order valence-electron chi connectivity index (χ1n) is 12.5. The normalized spacial score (nSPS) is 11.6. The quantitative estimate of drug-likeness (QED) is 0.263. The molecule has 1 aromatic rings. The van der Waals surface area contributed by atoms with Gasteiger partial charge < -0.3 is 10.0 Å². The molecule has 0 aliphatic heterocycles. The fourth-order valence-corrected chi connectivity index (χ4v) is 3.98. The third kappa shape index (κ3) is 11.7. The summed E-state index contributed by atoms with van der Waals surface area (Å²) in [7, 11) is 0. The molecule has 3 nitrogen and oxygen atoms in total. The molecule has 1 N–H and O–H groups in total. The zero-order valence-electron chi connectivity index (χ0n) is 20.2. The van der Waals surface area contributed by atoms with Crippen LogP contribution in [0.25, 0.3) is 0 Å². The predicted molar refractivity (Wildman–Crippen MR) is 130 cm³/mol. The molecular formula is C27H47NO2. The van der Waals surface area contributed by atoms with Crippen LogP contribution in [0, 0.1) is 0 Å². The van der Waals surface area contributed by atoms with Crippen molar-refractivity contribution in [3.63, 3.8) is 0 Å². The first-order valence-corrected chi connectivity index (χ1v) is 12.5. The highest BCUT2D eigenvalue weighted by Crippen LogP contribution is 2.24. The summed E-state index contributed by atoms with van der Waals surface area (Å²) in [6, 6.07) is 7.71. The Morgan fingerprint density at radius 3 is 1.53 bits per heavy atom. The Kier molecular flexibility index (Phi) is 13.7. The van der Waals surface area contributed by atoms with Gasteiger partial charge in [0.15, 0.2) is 0 Å². The van der Waals surface area contributed by atoms with Crippen LogP contribution in [0.15, 0.2) is 24.3 Å². The standard InChI is InChI=1S/C27H47NO2/c1-5-6-7-8-9-10-11-12-13-14-15-16-17-18-23-28(24(2)29)26-21-19-25(20-22-26)27(3,4)30/h19-22,30H,5-18,23H2,1-4H3. The molecule has 0 unspecified atom stereocenters. The van der Waals surface area contributed by atoms with Crippen LogP contribution in [0.4, 0.5) is 5.69 Å². The summed E-state index contributed by atoms with van der Waals surface area (Å²) in [5, 5.41) is 10.1. The Labute approximate surface area is 186 Å². The van der Waals surface area contributed by atoms with E-state index in [1.807, 2.05) is 29.2 Å². The molecule has 0 atom stereocenters. The molecule has 3 heteroatoms. The smallest absolute Gasteiger partial charge is 0.223 e. The van der Waals surface area contributed by atoms with E-state index < -0.39 is 5.60 Å². The Hall–Kier alpha value is -1.35. The first-order chi connectivity index (χ1) is 14.4. The highest BCUT2D eigenvalue weighted by Gasteiger charge is 2.17. The number of benzene rings is 1. The topological polar surface area (TPSA) is 40.5 Å². The lowest BCUT2D eigenvalue weighted by molar-refractivity contribution is -0.116. The molecular weight excluding hydrogens is 370 g/mol. The average molecular weight is 418 g/mol. The van der Waals surface area contributed by atoms with Crippen LogP contribution < -0.4 is 4.90 Å². The lowest BCUT2D eigenvalue weighted by Crippen LogP contribution is -2.29. The van der Waals surface area contributed by atoms with Crippen LogP contribution in [0.2, 0.25) is 0 Å². The summed E-state index contributed by atoms with van der Waals surface area (Å²) < 4.78 is 0. The summed E-state index contributed by atoms with van der Waals surface area (Å²) in [4.78, 5) is 13.9. The molecule has 1 amide bonds. The van der Waals surface area contributed by atoms with Gasteiger partial charge in [-0.15, -0.1) is 0 Å². The summed E-state index contributed by atoms with van der Waals surface area (Å²) in [5.41, 5.74) is 0.935. The SMILES string of the molecule is CCCCCCCCCCCCCCCCN(C(C)=O)c1ccc(C(C)(C)O)cc1. The molecule has 0 saturated heterocycles. The minimum absolute atomic E-state index is 0.0840. The van der Waals surface area contributed by atoms with E-state index in [4.69, 9.17) is 0 Å². The summed E-state index contributed by atoms with van der Waals surface area (Å²) in [5.74, 6) is 0.0840. The molecule has 0 aromatic heterocycles. The fraction of sp³-hybridized carbons (Fsp3) is 0.741. The number of aliphatic hydroxyl groups is 1. The number of carbonyl (C=O) groups is 1. The van der Waals surface area contributed by atoms with Gasteiger partial charge in [0.2, 0.25) is 5.91 Å². The molecule has 0 heterocycles. The highest BCUT2D eigenvalue weighted by molar-refractivity contribution is 5.91. The van der Waals surface area contributed by atoms with Crippen LogP contribution in [-0.2, 0) is 10.4 Å². The predicted octanol–water partition coefficient (Wildman–Crippen LogP) is 7.75. The minimum atomic E-state index is -0.853. The number of amides is 1. The second kappa shape index (κ2) is 15.5. The molecule has 0 bridgehead atoms. The van der Waals surface area contributed by atoms with Gasteiger partial charge >= 0.3 is 0 Å². The molecule has 1 rings (SSSR count). The molecule has 1 aromatic carbocycles. The van der Waals surface area contributed by atoms with Gasteiger partial charge in [-0.25, -0.2) is 0 Å². The van der Waals surface area contributed by atoms with Gasteiger partial charge in [0, 0.05) is 19.2 Å². The number of rotatable bonds is 17. The van der Waals surface area contributed by atoms with Crippen molar-refractivity contribution in [2.75, 3.05) is 11.4 Å². The van der Waals surface area contributed by atoms with Gasteiger partial charge in [-0.1, -0.05) is 103 Å². The molecule has 0 radical (unpaired) electrons. The van der Waals surface area contributed by atoms with Crippen molar-refractivity contribution in [2.45, 2.75) is 123 Å². The summed E-state index contributed by atoms with van der Waals surface area (Å²) in [6.45, 7) is 8.24. The number of unbranched alkanes of at least 4 members (excludes halogenated alkanes) is 13. The van der Waals surface area contributed by atoms with Gasteiger partial charge in [-0.2, -0.15) is 0 Å². The van der Waals surface area contributed by atoms with Crippen molar-refractivity contribution < 1.29 is 9.90 Å². The van der Waals surface area contributed by atoms with Gasteiger partial charge in [0.05, 0.1) is 5.60 Å². The lowest BCUT2D eigenvalue weighted by atomic mass is 9.98. The van der Waals surface area contributed by atoms with Crippen molar-refractivity contribution in [1.82, 2.24) is 0 Å². The monoisotopic (exact) mass is 417 g/mol. The van der Waals surface area contributed by atoms with Crippen molar-refractivity contribution in [3.05, 3.63) is 29.8 Å². The molecule has 0 fully saturated rings. The van der Waals surface area contributed by atoms with E-state index in [1.54, 1.807) is 20.8 Å². The van der Waals surface area contributed by atoms with Crippen LogP contribution in [-0.4, -0.2) is 17.6 Å². The maximum atomic E-state index is 12.1. The van der Waals surface area contributed by atoms with E-state index in [1.165, 1.54) is 83.5 Å². The maximum Gasteiger partial charge on any atom is 0.223 e. The number of anilines is 1. The Bertz CT molecular complexity index is 559. The van der Waals surface area contributed by atoms with Crippen molar-refractivity contribution in [3.8, 4) is 0 Å². The fourth-order valence-electron chi connectivity index (χ4n) is 3.98. The van der Waals surface area contributed by atoms with Crippen LogP contribution in [0.5, 0.6) is 0 Å². The lowest BCUT2D eigenvalue weighted by Gasteiger charge is -2.23. The summed E-state index contributed by atoms with van der Waals surface area (Å²) >= 11 is 0. The zero-order chi connectivity index (χ0) is 22.2. The van der Waals surface area contributed by atoms with Gasteiger partial charge in [-0.05, 0) is 38.0 Å². The number of hydrogen-bond acceptors (Lipinski definition) is 2. The van der Waals surface area contributed by atoms with E-state index in [0.717, 1.165) is 24.2 Å². The largest absolute Gasteiger partial charge is 0.386 e. The summed E-state index contributed by atoms with van der Waals surface area (Å²) in [6.07, 6.45) is 18.8. The molecule has 0 spiro atoms. The third-order valence-corrected chi connectivity index (χ3v) is 6.00. The molecule has 172 valence electrons. The number of hydrogen-bond donors (Lipinski definition) is 1. The van der Waals surface area contributed by atoms with Gasteiger partial charge in [0.25, 0.3) is 0 Å². The van der Waals surface area contributed by atoms with E-state index in [9.17, 15) is 9.90 Å². The van der Waals surface area contributed by atoms with E-state index in [2.05, 4.69) is 6.92 Å². The van der Waals surface area contributed by atoms with Gasteiger partial charge in [-0.3, -0.25) is 4.79 Å². The first kappa shape index (κ1) is 26.7. The van der Waals surface area contributed by atoms with Crippen LogP contribution in [0.1, 0.15) is 123 Å². The molecule has 0 aliphatic rings. The second-order valence-corrected chi connectivity index (χ2v) is 9.37.